The molecule has 0 unspecified atom stereocenters. The van der Waals surface area contributed by atoms with Crippen LogP contribution in [-0.4, -0.2) is 58.0 Å². The van der Waals surface area contributed by atoms with Gasteiger partial charge in [0.2, 0.25) is 5.91 Å². The molecule has 0 spiro atoms. The number of carbonyl (C=O) groups is 4. The summed E-state index contributed by atoms with van der Waals surface area (Å²) in [7, 11) is 0. The van der Waals surface area contributed by atoms with Crippen molar-refractivity contribution in [1.29, 1.82) is 0 Å². The Bertz CT molecular complexity index is 565. The van der Waals surface area contributed by atoms with Gasteiger partial charge in [-0.05, 0) is 26.2 Å². The zero-order valence-corrected chi connectivity index (χ0v) is 13.6. The van der Waals surface area contributed by atoms with E-state index in [1.165, 1.54) is 0 Å². The summed E-state index contributed by atoms with van der Waals surface area (Å²) in [5.41, 5.74) is 0. The Hall–Kier alpha value is -1.77. The number of nitrogens with one attached hydrogen (secondary N) is 2. The minimum atomic E-state index is -0.683. The fraction of sp³-hybridized carbons (Fsp3) is 0.714. The lowest BCUT2D eigenvalue weighted by Gasteiger charge is -2.29. The highest BCUT2D eigenvalue weighted by Crippen LogP contribution is 2.47. The first kappa shape index (κ1) is 16.1. The Morgan fingerprint density at radius 3 is 2.83 bits per heavy atom. The predicted octanol–water partition coefficient (Wildman–Crippen LogP) is -0.0282. The van der Waals surface area contributed by atoms with Crippen molar-refractivity contribution in [3.8, 4) is 0 Å². The number of hydrogen-bond acceptors (Lipinski definition) is 6. The molecule has 0 radical (unpaired) electrons. The van der Waals surface area contributed by atoms with E-state index in [1.807, 2.05) is 6.92 Å². The van der Waals surface area contributed by atoms with Crippen molar-refractivity contribution in [2.75, 3.05) is 12.4 Å². The van der Waals surface area contributed by atoms with Crippen LogP contribution in [0.5, 0.6) is 0 Å². The van der Waals surface area contributed by atoms with Gasteiger partial charge in [0.25, 0.3) is 5.91 Å². The standard InChI is InChI=1S/C14H19N3O5S/c1-14-5-4-11(19)17(14)9(7-23-14)12(20)22-6-10(18)16-13(21)15-8-2-3-8/h8-9H,2-7H2,1H3,(H2,15,16,18,21)/t9-,14+/m0/s1. The van der Waals surface area contributed by atoms with Gasteiger partial charge in [-0.1, -0.05) is 0 Å². The summed E-state index contributed by atoms with van der Waals surface area (Å²) in [5.74, 6) is -0.884. The average Bonchev–Trinajstić information content (AvgIpc) is 3.15. The van der Waals surface area contributed by atoms with E-state index < -0.39 is 30.6 Å². The topological polar surface area (TPSA) is 105 Å². The Balaban J connectivity index is 1.46. The zero-order chi connectivity index (χ0) is 16.6. The Kier molecular flexibility index (Phi) is 4.22. The maximum absolute atomic E-state index is 12.1. The van der Waals surface area contributed by atoms with E-state index in [2.05, 4.69) is 10.6 Å². The first-order valence-corrected chi connectivity index (χ1v) is 8.61. The molecule has 0 bridgehead atoms. The molecule has 3 fully saturated rings. The van der Waals surface area contributed by atoms with Crippen LogP contribution in [0.25, 0.3) is 0 Å². The monoisotopic (exact) mass is 341 g/mol. The Labute approximate surface area is 137 Å². The van der Waals surface area contributed by atoms with E-state index in [0.717, 1.165) is 12.8 Å². The summed E-state index contributed by atoms with van der Waals surface area (Å²) in [4.78, 5) is 48.3. The normalized spacial score (nSPS) is 29.2. The smallest absolute Gasteiger partial charge is 0.330 e. The van der Waals surface area contributed by atoms with Crippen LogP contribution in [0, 0.1) is 0 Å². The molecule has 0 aromatic carbocycles. The maximum atomic E-state index is 12.1. The quantitative estimate of drug-likeness (QED) is 0.696. The van der Waals surface area contributed by atoms with Gasteiger partial charge in [0.15, 0.2) is 6.61 Å². The number of rotatable bonds is 4. The van der Waals surface area contributed by atoms with Crippen LogP contribution in [0.4, 0.5) is 4.79 Å². The lowest BCUT2D eigenvalue weighted by Crippen LogP contribution is -2.47. The summed E-state index contributed by atoms with van der Waals surface area (Å²) < 4.78 is 4.97. The second-order valence-electron chi connectivity index (χ2n) is 6.17. The highest BCUT2D eigenvalue weighted by atomic mass is 32.2. The molecule has 3 aliphatic rings. The molecule has 8 nitrogen and oxygen atoms in total. The number of urea groups is 1. The van der Waals surface area contributed by atoms with Gasteiger partial charge in [0, 0.05) is 18.2 Å². The lowest BCUT2D eigenvalue weighted by molar-refractivity contribution is -0.156. The summed E-state index contributed by atoms with van der Waals surface area (Å²) >= 11 is 1.55. The van der Waals surface area contributed by atoms with E-state index in [4.69, 9.17) is 4.74 Å². The molecule has 2 atom stereocenters. The number of imide groups is 1. The van der Waals surface area contributed by atoms with Gasteiger partial charge in [-0.3, -0.25) is 14.9 Å². The molecule has 2 aliphatic heterocycles. The second-order valence-corrected chi connectivity index (χ2v) is 7.67. The summed E-state index contributed by atoms with van der Waals surface area (Å²) in [6.45, 7) is 1.40. The van der Waals surface area contributed by atoms with E-state index >= 15 is 0 Å². The van der Waals surface area contributed by atoms with E-state index in [-0.39, 0.29) is 16.8 Å². The van der Waals surface area contributed by atoms with Crippen molar-refractivity contribution in [2.24, 2.45) is 0 Å². The van der Waals surface area contributed by atoms with Crippen LogP contribution in [0.2, 0.25) is 0 Å². The number of thioether (sulfide) groups is 1. The molecule has 4 amide bonds. The van der Waals surface area contributed by atoms with Crippen molar-refractivity contribution in [2.45, 2.75) is 49.6 Å². The number of carbonyl (C=O) groups excluding carboxylic acids is 4. The molecular formula is C14H19N3O5S. The number of ether oxygens (including phenoxy) is 1. The molecule has 126 valence electrons. The SMILES string of the molecule is C[C@@]12CCC(=O)N1[C@H](C(=O)OCC(=O)NC(=O)NC1CC1)CS2. The first-order chi connectivity index (χ1) is 10.9. The van der Waals surface area contributed by atoms with E-state index in [9.17, 15) is 19.2 Å². The highest BCUT2D eigenvalue weighted by Gasteiger charge is 2.53. The van der Waals surface area contributed by atoms with Crippen molar-refractivity contribution in [1.82, 2.24) is 15.5 Å². The zero-order valence-electron chi connectivity index (χ0n) is 12.8. The molecule has 0 aromatic rings. The molecule has 0 aromatic heterocycles. The number of hydrogen-bond donors (Lipinski definition) is 2. The van der Waals surface area contributed by atoms with Gasteiger partial charge < -0.3 is 15.0 Å². The van der Waals surface area contributed by atoms with Crippen LogP contribution >= 0.6 is 11.8 Å². The molecule has 2 saturated heterocycles. The summed E-state index contributed by atoms with van der Waals surface area (Å²) in [6.07, 6.45) is 2.97. The largest absolute Gasteiger partial charge is 0.454 e. The number of nitrogens with zero attached hydrogens (tertiary/aromatic N) is 1. The van der Waals surface area contributed by atoms with Gasteiger partial charge in [-0.25, -0.2) is 9.59 Å². The first-order valence-electron chi connectivity index (χ1n) is 7.62. The molecule has 1 aliphatic carbocycles. The molecule has 2 N–H and O–H groups in total. The van der Waals surface area contributed by atoms with Crippen molar-refractivity contribution < 1.29 is 23.9 Å². The fourth-order valence-electron chi connectivity index (χ4n) is 2.84. The van der Waals surface area contributed by atoms with Crippen molar-refractivity contribution >= 4 is 35.6 Å². The third kappa shape index (κ3) is 3.44. The Morgan fingerprint density at radius 1 is 1.39 bits per heavy atom. The van der Waals surface area contributed by atoms with Crippen LogP contribution in [0.3, 0.4) is 0 Å². The van der Waals surface area contributed by atoms with Crippen LogP contribution in [-0.2, 0) is 19.1 Å². The van der Waals surface area contributed by atoms with Gasteiger partial charge in [0.1, 0.15) is 6.04 Å². The van der Waals surface area contributed by atoms with Gasteiger partial charge >= 0.3 is 12.0 Å². The number of amides is 4. The van der Waals surface area contributed by atoms with E-state index in [1.54, 1.807) is 16.7 Å². The second kappa shape index (κ2) is 6.03. The molecule has 9 heteroatoms. The van der Waals surface area contributed by atoms with E-state index in [0.29, 0.717) is 18.6 Å². The lowest BCUT2D eigenvalue weighted by atomic mass is 10.2. The van der Waals surface area contributed by atoms with Crippen LogP contribution < -0.4 is 10.6 Å². The molecule has 2 heterocycles. The molecule has 1 saturated carbocycles. The predicted molar refractivity (Wildman–Crippen MR) is 81.4 cm³/mol. The van der Waals surface area contributed by atoms with Crippen molar-refractivity contribution in [3.63, 3.8) is 0 Å². The third-order valence-corrected chi connectivity index (χ3v) is 5.73. The van der Waals surface area contributed by atoms with Crippen LogP contribution in [0.1, 0.15) is 32.6 Å². The molecule has 3 rings (SSSR count). The number of fused-ring (bicyclic) bond motifs is 1. The maximum Gasteiger partial charge on any atom is 0.330 e. The van der Waals surface area contributed by atoms with Crippen molar-refractivity contribution in [3.05, 3.63) is 0 Å². The third-order valence-electron chi connectivity index (χ3n) is 4.23. The average molecular weight is 341 g/mol. The Morgan fingerprint density at radius 2 is 2.13 bits per heavy atom. The fourth-order valence-corrected chi connectivity index (χ4v) is 4.26. The van der Waals surface area contributed by atoms with Gasteiger partial charge in [-0.15, -0.1) is 11.8 Å². The minimum absolute atomic E-state index is 0.0623. The van der Waals surface area contributed by atoms with Crippen LogP contribution in [0.15, 0.2) is 0 Å². The number of esters is 1. The summed E-state index contributed by atoms with van der Waals surface area (Å²) in [5, 5.41) is 4.71. The highest BCUT2D eigenvalue weighted by molar-refractivity contribution is 8.01. The summed E-state index contributed by atoms with van der Waals surface area (Å²) in [6, 6.07) is -1.10. The minimum Gasteiger partial charge on any atom is -0.454 e. The van der Waals surface area contributed by atoms with Gasteiger partial charge in [0.05, 0.1) is 4.87 Å². The van der Waals surface area contributed by atoms with Gasteiger partial charge in [-0.2, -0.15) is 0 Å². The molecule has 23 heavy (non-hydrogen) atoms. The molecular weight excluding hydrogens is 322 g/mol.